The van der Waals surface area contributed by atoms with Gasteiger partial charge in [-0.05, 0) is 58.0 Å². The highest BCUT2D eigenvalue weighted by atomic mass is 127. The molecule has 8 heteroatoms. The van der Waals surface area contributed by atoms with Crippen molar-refractivity contribution in [1.82, 2.24) is 5.32 Å². The molecule has 0 saturated heterocycles. The van der Waals surface area contributed by atoms with Crippen molar-refractivity contribution in [2.75, 3.05) is 14.2 Å². The van der Waals surface area contributed by atoms with Crippen LogP contribution < -0.4 is 15.8 Å². The van der Waals surface area contributed by atoms with Crippen LogP contribution in [0.1, 0.15) is 17.2 Å². The lowest BCUT2D eigenvalue weighted by molar-refractivity contribution is -0.145. The number of hydrogen-bond acceptors (Lipinski definition) is 6. The number of hydrogen-bond donors (Lipinski definition) is 3. The lowest BCUT2D eigenvalue weighted by atomic mass is 10.0. The topological polar surface area (TPSA) is 111 Å². The van der Waals surface area contributed by atoms with E-state index in [1.54, 1.807) is 37.4 Å². The number of phenols is 1. The Hall–Kier alpha value is -2.33. The van der Waals surface area contributed by atoms with E-state index < -0.39 is 24.0 Å². The Bertz CT molecular complexity index is 810. The normalized spacial score (nSPS) is 12.7. The second-order valence-corrected chi connectivity index (χ2v) is 6.99. The van der Waals surface area contributed by atoms with Crippen molar-refractivity contribution in [3.63, 3.8) is 0 Å². The van der Waals surface area contributed by atoms with Crippen LogP contribution >= 0.6 is 22.6 Å². The summed E-state index contributed by atoms with van der Waals surface area (Å²) in [6.07, 6.45) is 0.214. The highest BCUT2D eigenvalue weighted by Gasteiger charge is 2.26. The zero-order valence-electron chi connectivity index (χ0n) is 14.9. The lowest BCUT2D eigenvalue weighted by Gasteiger charge is -2.20. The summed E-state index contributed by atoms with van der Waals surface area (Å²) in [6.45, 7) is 0. The summed E-state index contributed by atoms with van der Waals surface area (Å²) in [5, 5.41) is 12.0. The number of ether oxygens (including phenoxy) is 2. The number of phenolic OH excluding ortho intramolecular Hbond substituents is 1. The van der Waals surface area contributed by atoms with Gasteiger partial charge in [0, 0.05) is 6.42 Å². The van der Waals surface area contributed by atoms with E-state index in [1.165, 1.54) is 19.2 Å². The van der Waals surface area contributed by atoms with Gasteiger partial charge in [0.15, 0.2) is 0 Å². The maximum atomic E-state index is 12.6. The summed E-state index contributed by atoms with van der Waals surface area (Å²) in [7, 11) is 2.82. The standard InChI is InChI=1S/C19H21IN2O5/c1-26-16-8-5-12(10-14(16)20)17(21)18(24)22-15(19(25)27-2)9-11-3-6-13(23)7-4-11/h3-8,10,15,17,23H,9,21H2,1-2H3,(H,22,24)/t15-,17+/m0/s1. The Morgan fingerprint density at radius 3 is 2.41 bits per heavy atom. The third-order valence-corrected chi connectivity index (χ3v) is 4.84. The smallest absolute Gasteiger partial charge is 0.328 e. The molecule has 0 spiro atoms. The van der Waals surface area contributed by atoms with Crippen LogP contribution in [0.4, 0.5) is 0 Å². The van der Waals surface area contributed by atoms with Crippen molar-refractivity contribution in [1.29, 1.82) is 0 Å². The van der Waals surface area contributed by atoms with Gasteiger partial charge in [-0.2, -0.15) is 0 Å². The molecular formula is C19H21IN2O5. The zero-order valence-corrected chi connectivity index (χ0v) is 17.1. The molecular weight excluding hydrogens is 463 g/mol. The first-order chi connectivity index (χ1) is 12.8. The van der Waals surface area contributed by atoms with E-state index in [9.17, 15) is 14.7 Å². The van der Waals surface area contributed by atoms with Crippen LogP contribution in [0.3, 0.4) is 0 Å². The predicted octanol–water partition coefficient (Wildman–Crippen LogP) is 1.91. The number of halogens is 1. The molecule has 0 unspecified atom stereocenters. The van der Waals surface area contributed by atoms with Crippen molar-refractivity contribution >= 4 is 34.5 Å². The molecule has 0 fully saturated rings. The number of carbonyl (C=O) groups is 2. The van der Waals surface area contributed by atoms with E-state index in [0.29, 0.717) is 11.3 Å². The van der Waals surface area contributed by atoms with Gasteiger partial charge in [0.25, 0.3) is 0 Å². The maximum Gasteiger partial charge on any atom is 0.328 e. The zero-order chi connectivity index (χ0) is 20.0. The van der Waals surface area contributed by atoms with E-state index in [-0.39, 0.29) is 12.2 Å². The van der Waals surface area contributed by atoms with Crippen LogP contribution in [0.5, 0.6) is 11.5 Å². The molecule has 0 aliphatic rings. The summed E-state index contributed by atoms with van der Waals surface area (Å²) in [5.74, 6) is -0.265. The van der Waals surface area contributed by atoms with Gasteiger partial charge in [0.05, 0.1) is 17.8 Å². The van der Waals surface area contributed by atoms with Gasteiger partial charge in [0.1, 0.15) is 23.6 Å². The van der Waals surface area contributed by atoms with Gasteiger partial charge in [-0.15, -0.1) is 0 Å². The lowest BCUT2D eigenvalue weighted by Crippen LogP contribution is -2.46. The summed E-state index contributed by atoms with van der Waals surface area (Å²) < 4.78 is 10.8. The average Bonchev–Trinajstić information content (AvgIpc) is 2.67. The van der Waals surface area contributed by atoms with Crippen molar-refractivity contribution < 1.29 is 24.2 Å². The van der Waals surface area contributed by atoms with Crippen LogP contribution in [0.25, 0.3) is 0 Å². The Kier molecular flexibility index (Phi) is 7.43. The minimum Gasteiger partial charge on any atom is -0.508 e. The average molecular weight is 484 g/mol. The predicted molar refractivity (Wildman–Crippen MR) is 108 cm³/mol. The minimum absolute atomic E-state index is 0.119. The monoisotopic (exact) mass is 484 g/mol. The Morgan fingerprint density at radius 1 is 1.19 bits per heavy atom. The number of benzene rings is 2. The van der Waals surface area contributed by atoms with E-state index in [1.807, 2.05) is 0 Å². The molecule has 0 heterocycles. The fourth-order valence-corrected chi connectivity index (χ4v) is 3.25. The third-order valence-electron chi connectivity index (χ3n) is 4.00. The van der Waals surface area contributed by atoms with Crippen LogP contribution in [0.15, 0.2) is 42.5 Å². The molecule has 0 radical (unpaired) electrons. The SMILES string of the molecule is COC(=O)[C@H](Cc1ccc(O)cc1)NC(=O)[C@H](N)c1ccc(OC)c(I)c1. The van der Waals surface area contributed by atoms with Gasteiger partial charge < -0.3 is 25.6 Å². The molecule has 0 aliphatic carbocycles. The molecule has 0 aromatic heterocycles. The fourth-order valence-electron chi connectivity index (χ4n) is 2.49. The van der Waals surface area contributed by atoms with Crippen LogP contribution in [0.2, 0.25) is 0 Å². The molecule has 0 bridgehead atoms. The number of nitrogens with two attached hydrogens (primary N) is 1. The molecule has 2 aromatic rings. The Balaban J connectivity index is 2.13. The van der Waals surface area contributed by atoms with Crippen molar-refractivity contribution in [3.8, 4) is 11.5 Å². The minimum atomic E-state index is -0.948. The molecule has 0 aliphatic heterocycles. The number of nitrogens with one attached hydrogen (secondary N) is 1. The molecule has 0 saturated carbocycles. The summed E-state index contributed by atoms with van der Waals surface area (Å²) in [5.41, 5.74) is 7.42. The molecule has 1 amide bonds. The number of rotatable bonds is 7. The first kappa shape index (κ1) is 21.0. The van der Waals surface area contributed by atoms with Crippen molar-refractivity contribution in [2.45, 2.75) is 18.5 Å². The van der Waals surface area contributed by atoms with E-state index in [0.717, 1.165) is 9.13 Å². The molecule has 7 nitrogen and oxygen atoms in total. The molecule has 27 heavy (non-hydrogen) atoms. The highest BCUT2D eigenvalue weighted by Crippen LogP contribution is 2.24. The first-order valence-corrected chi connectivity index (χ1v) is 9.18. The molecule has 2 rings (SSSR count). The largest absolute Gasteiger partial charge is 0.508 e. The van der Waals surface area contributed by atoms with E-state index in [2.05, 4.69) is 27.9 Å². The van der Waals surface area contributed by atoms with E-state index in [4.69, 9.17) is 15.2 Å². The summed E-state index contributed by atoms with van der Waals surface area (Å²) >= 11 is 2.10. The number of esters is 1. The fraction of sp³-hybridized carbons (Fsp3) is 0.263. The Morgan fingerprint density at radius 2 is 1.85 bits per heavy atom. The van der Waals surface area contributed by atoms with Gasteiger partial charge >= 0.3 is 5.97 Å². The maximum absolute atomic E-state index is 12.6. The molecule has 4 N–H and O–H groups in total. The highest BCUT2D eigenvalue weighted by molar-refractivity contribution is 14.1. The second kappa shape index (κ2) is 9.56. The third kappa shape index (κ3) is 5.57. The molecule has 2 aromatic carbocycles. The second-order valence-electron chi connectivity index (χ2n) is 5.83. The van der Waals surface area contributed by atoms with Gasteiger partial charge in [-0.25, -0.2) is 4.79 Å². The number of carbonyl (C=O) groups excluding carboxylic acids is 2. The van der Waals surface area contributed by atoms with Crippen molar-refractivity contribution in [3.05, 3.63) is 57.2 Å². The van der Waals surface area contributed by atoms with E-state index >= 15 is 0 Å². The quantitative estimate of drug-likeness (QED) is 0.409. The first-order valence-electron chi connectivity index (χ1n) is 8.10. The Labute approximate surface area is 171 Å². The molecule has 144 valence electrons. The summed E-state index contributed by atoms with van der Waals surface area (Å²) in [4.78, 5) is 24.6. The summed E-state index contributed by atoms with van der Waals surface area (Å²) in [6, 6.07) is 9.72. The van der Waals surface area contributed by atoms with Crippen LogP contribution in [0, 0.1) is 3.57 Å². The number of methoxy groups -OCH3 is 2. The van der Waals surface area contributed by atoms with Crippen LogP contribution in [-0.4, -0.2) is 37.2 Å². The van der Waals surface area contributed by atoms with Gasteiger partial charge in [0.2, 0.25) is 5.91 Å². The van der Waals surface area contributed by atoms with Crippen molar-refractivity contribution in [2.24, 2.45) is 5.73 Å². The number of aromatic hydroxyl groups is 1. The van der Waals surface area contributed by atoms with Gasteiger partial charge in [-0.3, -0.25) is 4.79 Å². The number of amides is 1. The van der Waals surface area contributed by atoms with Gasteiger partial charge in [-0.1, -0.05) is 18.2 Å². The van der Waals surface area contributed by atoms with Crippen LogP contribution in [-0.2, 0) is 20.7 Å². The molecule has 2 atom stereocenters.